The average molecular weight is 431 g/mol. The quantitative estimate of drug-likeness (QED) is 0.589. The Kier molecular flexibility index (Phi) is 8.24. The van der Waals surface area contributed by atoms with Crippen LogP contribution in [0.25, 0.3) is 0 Å². The number of hydrogen-bond acceptors (Lipinski definition) is 6. The van der Waals surface area contributed by atoms with E-state index in [0.29, 0.717) is 28.1 Å². The van der Waals surface area contributed by atoms with E-state index in [9.17, 15) is 14.4 Å². The molecule has 31 heavy (non-hydrogen) atoms. The zero-order valence-corrected chi connectivity index (χ0v) is 18.8. The van der Waals surface area contributed by atoms with Crippen LogP contribution in [0.1, 0.15) is 70.9 Å². The van der Waals surface area contributed by atoms with Crippen LogP contribution in [0.3, 0.4) is 0 Å². The van der Waals surface area contributed by atoms with Crippen LogP contribution in [-0.4, -0.2) is 42.7 Å². The van der Waals surface area contributed by atoms with Gasteiger partial charge in [0.05, 0.1) is 37.8 Å². The molecule has 2 aromatic rings. The Bertz CT molecular complexity index is 948. The minimum absolute atomic E-state index is 0.0479. The van der Waals surface area contributed by atoms with E-state index in [2.05, 4.69) is 10.3 Å². The van der Waals surface area contributed by atoms with E-state index in [-0.39, 0.29) is 24.8 Å². The molecule has 168 valence electrons. The first-order valence-corrected chi connectivity index (χ1v) is 10.2. The molecular formula is C23H30N2O6. The molecule has 1 heterocycles. The zero-order chi connectivity index (χ0) is 23.1. The number of H-pyrrole nitrogens is 1. The van der Waals surface area contributed by atoms with Crippen LogP contribution in [0.4, 0.5) is 0 Å². The summed E-state index contributed by atoms with van der Waals surface area (Å²) < 4.78 is 15.6. The lowest BCUT2D eigenvalue weighted by Crippen LogP contribution is -2.31. The van der Waals surface area contributed by atoms with E-state index < -0.39 is 23.9 Å². The van der Waals surface area contributed by atoms with Crippen molar-refractivity contribution >= 4 is 17.8 Å². The maximum absolute atomic E-state index is 13.1. The third-order valence-corrected chi connectivity index (χ3v) is 4.69. The van der Waals surface area contributed by atoms with Crippen molar-refractivity contribution in [1.29, 1.82) is 0 Å². The molecule has 1 amide bonds. The predicted molar refractivity (Wildman–Crippen MR) is 115 cm³/mol. The molecule has 1 atom stereocenters. The number of methoxy groups -OCH3 is 1. The maximum atomic E-state index is 13.1. The number of hydrogen-bond donors (Lipinski definition) is 2. The fourth-order valence-electron chi connectivity index (χ4n) is 3.28. The van der Waals surface area contributed by atoms with Crippen LogP contribution in [0.15, 0.2) is 24.3 Å². The van der Waals surface area contributed by atoms with E-state index in [1.54, 1.807) is 66.0 Å². The second-order valence-electron chi connectivity index (χ2n) is 7.39. The fraction of sp³-hybridized carbons (Fsp3) is 0.435. The van der Waals surface area contributed by atoms with Crippen molar-refractivity contribution in [2.24, 2.45) is 0 Å². The molecule has 0 saturated carbocycles. The van der Waals surface area contributed by atoms with Crippen LogP contribution in [-0.2, 0) is 14.3 Å². The van der Waals surface area contributed by atoms with Gasteiger partial charge in [0.25, 0.3) is 5.91 Å². The molecule has 8 heteroatoms. The molecule has 0 aliphatic rings. The van der Waals surface area contributed by atoms with Gasteiger partial charge in [0, 0.05) is 5.69 Å². The molecule has 1 aromatic heterocycles. The van der Waals surface area contributed by atoms with Crippen molar-refractivity contribution in [1.82, 2.24) is 10.3 Å². The Labute approximate surface area is 182 Å². The molecule has 0 radical (unpaired) electrons. The number of carbonyl (C=O) groups excluding carboxylic acids is 3. The van der Waals surface area contributed by atoms with Gasteiger partial charge in [-0.05, 0) is 57.9 Å². The lowest BCUT2D eigenvalue weighted by atomic mass is 10.0. The molecule has 0 saturated heterocycles. The minimum Gasteiger partial charge on any atom is -0.497 e. The smallest absolute Gasteiger partial charge is 0.340 e. The SMILES string of the molecule is CCOC(=O)CC(NC(=O)c1[nH]c(C)c(C(=O)OC(C)C)c1C)c1cccc(OC)c1. The minimum atomic E-state index is -0.643. The highest BCUT2D eigenvalue weighted by Gasteiger charge is 2.26. The van der Waals surface area contributed by atoms with Gasteiger partial charge in [-0.15, -0.1) is 0 Å². The van der Waals surface area contributed by atoms with E-state index in [1.165, 1.54) is 0 Å². The van der Waals surface area contributed by atoms with Crippen LogP contribution < -0.4 is 10.1 Å². The lowest BCUT2D eigenvalue weighted by Gasteiger charge is -2.19. The molecule has 0 bridgehead atoms. The van der Waals surface area contributed by atoms with Gasteiger partial charge < -0.3 is 24.5 Å². The summed E-state index contributed by atoms with van der Waals surface area (Å²) in [6.45, 7) is 8.88. The van der Waals surface area contributed by atoms with E-state index in [1.807, 2.05) is 0 Å². The summed E-state index contributed by atoms with van der Waals surface area (Å²) in [5.74, 6) is -0.764. The number of aryl methyl sites for hydroxylation is 1. The Morgan fingerprint density at radius 2 is 1.87 bits per heavy atom. The molecule has 0 spiro atoms. The van der Waals surface area contributed by atoms with Gasteiger partial charge in [-0.1, -0.05) is 12.1 Å². The number of benzene rings is 1. The highest BCUT2D eigenvalue weighted by Crippen LogP contribution is 2.24. The number of nitrogens with one attached hydrogen (secondary N) is 2. The maximum Gasteiger partial charge on any atom is 0.340 e. The van der Waals surface area contributed by atoms with Gasteiger partial charge in [-0.3, -0.25) is 9.59 Å². The monoisotopic (exact) mass is 430 g/mol. The van der Waals surface area contributed by atoms with Crippen molar-refractivity contribution in [2.45, 2.75) is 53.2 Å². The summed E-state index contributed by atoms with van der Waals surface area (Å²) in [4.78, 5) is 40.6. The third-order valence-electron chi connectivity index (χ3n) is 4.69. The first-order chi connectivity index (χ1) is 14.7. The zero-order valence-electron chi connectivity index (χ0n) is 18.8. The molecule has 2 rings (SSSR count). The summed E-state index contributed by atoms with van der Waals surface area (Å²) in [7, 11) is 1.54. The Morgan fingerprint density at radius 3 is 2.48 bits per heavy atom. The first kappa shape index (κ1) is 24.0. The number of rotatable bonds is 9. The number of carbonyl (C=O) groups is 3. The second-order valence-corrected chi connectivity index (χ2v) is 7.39. The van der Waals surface area contributed by atoms with Crippen molar-refractivity contribution in [3.05, 3.63) is 52.3 Å². The van der Waals surface area contributed by atoms with Gasteiger partial charge in [0.15, 0.2) is 0 Å². The van der Waals surface area contributed by atoms with Gasteiger partial charge in [0.2, 0.25) is 0 Å². The Balaban J connectivity index is 2.33. The highest BCUT2D eigenvalue weighted by molar-refractivity contribution is 6.00. The molecule has 8 nitrogen and oxygen atoms in total. The summed E-state index contributed by atoms with van der Waals surface area (Å²) >= 11 is 0. The van der Waals surface area contributed by atoms with Crippen molar-refractivity contribution in [3.63, 3.8) is 0 Å². The fourth-order valence-corrected chi connectivity index (χ4v) is 3.28. The molecule has 2 N–H and O–H groups in total. The topological polar surface area (TPSA) is 107 Å². The second kappa shape index (κ2) is 10.7. The van der Waals surface area contributed by atoms with Crippen LogP contribution in [0, 0.1) is 13.8 Å². The Morgan fingerprint density at radius 1 is 1.16 bits per heavy atom. The summed E-state index contributed by atoms with van der Waals surface area (Å²) in [6.07, 6.45) is -0.325. The van der Waals surface area contributed by atoms with Gasteiger partial charge in [-0.25, -0.2) is 4.79 Å². The molecular weight excluding hydrogens is 400 g/mol. The van der Waals surface area contributed by atoms with Gasteiger partial charge >= 0.3 is 11.9 Å². The van der Waals surface area contributed by atoms with E-state index in [4.69, 9.17) is 14.2 Å². The predicted octanol–water partition coefficient (Wildman–Crippen LogP) is 3.63. The van der Waals surface area contributed by atoms with Crippen LogP contribution >= 0.6 is 0 Å². The van der Waals surface area contributed by atoms with Crippen LogP contribution in [0.5, 0.6) is 5.75 Å². The van der Waals surface area contributed by atoms with Gasteiger partial charge in [-0.2, -0.15) is 0 Å². The Hall–Kier alpha value is -3.29. The van der Waals surface area contributed by atoms with E-state index >= 15 is 0 Å². The third kappa shape index (κ3) is 6.10. The van der Waals surface area contributed by atoms with Crippen LogP contribution in [0.2, 0.25) is 0 Å². The van der Waals surface area contributed by atoms with Crippen molar-refractivity contribution in [2.75, 3.05) is 13.7 Å². The number of aromatic amines is 1. The average Bonchev–Trinajstić information content (AvgIpc) is 3.01. The summed E-state index contributed by atoms with van der Waals surface area (Å²) in [5.41, 5.74) is 2.30. The van der Waals surface area contributed by atoms with E-state index in [0.717, 1.165) is 0 Å². The molecule has 0 fully saturated rings. The molecule has 1 aromatic carbocycles. The number of amides is 1. The standard InChI is InChI=1S/C23H30N2O6/c1-7-30-19(26)12-18(16-9-8-10-17(11-16)29-6)25-22(27)21-14(4)20(15(5)24-21)23(28)31-13(2)3/h8-11,13,18,24H,7,12H2,1-6H3,(H,25,27). The lowest BCUT2D eigenvalue weighted by molar-refractivity contribution is -0.143. The number of aromatic nitrogens is 1. The summed E-state index contributed by atoms with van der Waals surface area (Å²) in [5, 5.41) is 2.87. The van der Waals surface area contributed by atoms with Crippen molar-refractivity contribution < 1.29 is 28.6 Å². The number of ether oxygens (including phenoxy) is 3. The molecule has 1 unspecified atom stereocenters. The molecule has 0 aliphatic carbocycles. The summed E-state index contributed by atoms with van der Waals surface area (Å²) in [6, 6.07) is 6.46. The number of esters is 2. The normalized spacial score (nSPS) is 11.7. The highest BCUT2D eigenvalue weighted by atomic mass is 16.5. The van der Waals surface area contributed by atoms with Crippen molar-refractivity contribution in [3.8, 4) is 5.75 Å². The first-order valence-electron chi connectivity index (χ1n) is 10.2. The largest absolute Gasteiger partial charge is 0.497 e. The van der Waals surface area contributed by atoms with Gasteiger partial charge in [0.1, 0.15) is 11.4 Å². The molecule has 0 aliphatic heterocycles.